The van der Waals surface area contributed by atoms with Crippen LogP contribution in [0.1, 0.15) is 12.0 Å². The summed E-state index contributed by atoms with van der Waals surface area (Å²) in [5.74, 6) is 4.89. The van der Waals surface area contributed by atoms with Crippen LogP contribution in [0, 0.1) is 0 Å². The predicted molar refractivity (Wildman–Crippen MR) is 44.9 cm³/mol. The van der Waals surface area contributed by atoms with Crippen LogP contribution in [0.15, 0.2) is 30.3 Å². The molecule has 2 heteroatoms. The largest absolute Gasteiger partial charge is 0.305 e. The summed E-state index contributed by atoms with van der Waals surface area (Å²) in [4.78, 5) is 4.46. The standard InChI is InChI=1S/C9H13NO/c10-11-8-4-7-9-5-2-1-3-6-9/h1-3,5-6H,4,7-8,10H2. The van der Waals surface area contributed by atoms with E-state index in [0.29, 0.717) is 6.61 Å². The van der Waals surface area contributed by atoms with Gasteiger partial charge in [0.05, 0.1) is 6.61 Å². The van der Waals surface area contributed by atoms with Gasteiger partial charge in [0, 0.05) is 0 Å². The minimum Gasteiger partial charge on any atom is -0.305 e. The second kappa shape index (κ2) is 4.88. The van der Waals surface area contributed by atoms with Gasteiger partial charge in [-0.25, -0.2) is 5.90 Å². The summed E-state index contributed by atoms with van der Waals surface area (Å²) in [6.45, 7) is 0.634. The Bertz CT molecular complexity index is 186. The van der Waals surface area contributed by atoms with Crippen LogP contribution in [0.5, 0.6) is 0 Å². The Morgan fingerprint density at radius 3 is 2.55 bits per heavy atom. The van der Waals surface area contributed by atoms with E-state index in [4.69, 9.17) is 5.90 Å². The molecule has 0 aliphatic rings. The molecular formula is C9H13NO. The van der Waals surface area contributed by atoms with E-state index < -0.39 is 0 Å². The molecule has 0 fully saturated rings. The topological polar surface area (TPSA) is 35.2 Å². The number of benzene rings is 1. The number of nitrogens with two attached hydrogens (primary N) is 1. The number of aryl methyl sites for hydroxylation is 1. The molecule has 1 aromatic carbocycles. The molecule has 0 amide bonds. The third-order valence-electron chi connectivity index (χ3n) is 1.57. The third kappa shape index (κ3) is 3.16. The second-order valence-corrected chi connectivity index (χ2v) is 2.46. The smallest absolute Gasteiger partial charge is 0.0682 e. The monoisotopic (exact) mass is 151 g/mol. The highest BCUT2D eigenvalue weighted by Crippen LogP contribution is 2.01. The molecular weight excluding hydrogens is 138 g/mol. The molecule has 0 saturated heterocycles. The summed E-state index contributed by atoms with van der Waals surface area (Å²) >= 11 is 0. The Balaban J connectivity index is 2.28. The Morgan fingerprint density at radius 2 is 1.91 bits per heavy atom. The molecule has 1 rings (SSSR count). The van der Waals surface area contributed by atoms with Crippen molar-refractivity contribution in [3.63, 3.8) is 0 Å². The van der Waals surface area contributed by atoms with Crippen LogP contribution in [-0.4, -0.2) is 6.61 Å². The van der Waals surface area contributed by atoms with Gasteiger partial charge in [0.25, 0.3) is 0 Å². The molecule has 0 aliphatic carbocycles. The molecule has 0 unspecified atom stereocenters. The first kappa shape index (κ1) is 8.24. The highest BCUT2D eigenvalue weighted by atomic mass is 16.6. The fourth-order valence-corrected chi connectivity index (χ4v) is 1.00. The van der Waals surface area contributed by atoms with Gasteiger partial charge in [-0.05, 0) is 18.4 Å². The molecule has 0 spiro atoms. The lowest BCUT2D eigenvalue weighted by Gasteiger charge is -1.98. The molecule has 0 aromatic heterocycles. The van der Waals surface area contributed by atoms with E-state index in [-0.39, 0.29) is 0 Å². The Labute approximate surface area is 66.9 Å². The molecule has 60 valence electrons. The Morgan fingerprint density at radius 1 is 1.18 bits per heavy atom. The van der Waals surface area contributed by atoms with Crippen LogP contribution < -0.4 is 5.90 Å². The van der Waals surface area contributed by atoms with Crippen molar-refractivity contribution in [2.24, 2.45) is 5.90 Å². The van der Waals surface area contributed by atoms with Crippen LogP contribution in [-0.2, 0) is 11.3 Å². The van der Waals surface area contributed by atoms with Gasteiger partial charge in [-0.3, -0.25) is 0 Å². The summed E-state index contributed by atoms with van der Waals surface area (Å²) in [5.41, 5.74) is 1.34. The number of hydrogen-bond donors (Lipinski definition) is 1. The fraction of sp³-hybridized carbons (Fsp3) is 0.333. The van der Waals surface area contributed by atoms with Crippen LogP contribution in [0.3, 0.4) is 0 Å². The van der Waals surface area contributed by atoms with Crippen molar-refractivity contribution >= 4 is 0 Å². The molecule has 0 bridgehead atoms. The van der Waals surface area contributed by atoms with Crippen molar-refractivity contribution in [2.75, 3.05) is 6.61 Å². The molecule has 2 nitrogen and oxygen atoms in total. The number of hydrogen-bond acceptors (Lipinski definition) is 2. The zero-order chi connectivity index (χ0) is 7.94. The molecule has 11 heavy (non-hydrogen) atoms. The second-order valence-electron chi connectivity index (χ2n) is 2.46. The van der Waals surface area contributed by atoms with Crippen LogP contribution >= 0.6 is 0 Å². The van der Waals surface area contributed by atoms with Gasteiger partial charge in [-0.1, -0.05) is 30.3 Å². The average molecular weight is 151 g/mol. The molecule has 0 radical (unpaired) electrons. The van der Waals surface area contributed by atoms with E-state index in [1.54, 1.807) is 0 Å². The first-order valence-electron chi connectivity index (χ1n) is 3.79. The molecule has 0 heterocycles. The molecule has 0 atom stereocenters. The normalized spacial score (nSPS) is 9.91. The van der Waals surface area contributed by atoms with Gasteiger partial charge in [0.2, 0.25) is 0 Å². The summed E-state index contributed by atoms with van der Waals surface area (Å²) in [6.07, 6.45) is 2.03. The average Bonchev–Trinajstić information content (AvgIpc) is 2.07. The van der Waals surface area contributed by atoms with Crippen LogP contribution in [0.2, 0.25) is 0 Å². The maximum atomic E-state index is 4.89. The lowest BCUT2D eigenvalue weighted by molar-refractivity contribution is 0.135. The van der Waals surface area contributed by atoms with E-state index in [9.17, 15) is 0 Å². The molecule has 2 N–H and O–H groups in total. The number of rotatable bonds is 4. The maximum absolute atomic E-state index is 4.89. The zero-order valence-corrected chi connectivity index (χ0v) is 6.49. The van der Waals surface area contributed by atoms with Crippen molar-refractivity contribution in [2.45, 2.75) is 12.8 Å². The highest BCUT2D eigenvalue weighted by molar-refractivity contribution is 5.14. The first-order chi connectivity index (χ1) is 5.43. The van der Waals surface area contributed by atoms with Gasteiger partial charge in [-0.2, -0.15) is 0 Å². The van der Waals surface area contributed by atoms with Gasteiger partial charge in [-0.15, -0.1) is 0 Å². The lowest BCUT2D eigenvalue weighted by atomic mass is 10.1. The molecule has 0 saturated carbocycles. The third-order valence-corrected chi connectivity index (χ3v) is 1.57. The van der Waals surface area contributed by atoms with E-state index in [1.807, 2.05) is 18.2 Å². The van der Waals surface area contributed by atoms with Crippen molar-refractivity contribution in [1.29, 1.82) is 0 Å². The lowest BCUT2D eigenvalue weighted by Crippen LogP contribution is -2.01. The van der Waals surface area contributed by atoms with Gasteiger partial charge in [0.1, 0.15) is 0 Å². The zero-order valence-electron chi connectivity index (χ0n) is 6.49. The van der Waals surface area contributed by atoms with Crippen molar-refractivity contribution in [3.05, 3.63) is 35.9 Å². The van der Waals surface area contributed by atoms with Gasteiger partial charge >= 0.3 is 0 Å². The fourth-order valence-electron chi connectivity index (χ4n) is 1.00. The van der Waals surface area contributed by atoms with Crippen molar-refractivity contribution < 1.29 is 4.84 Å². The van der Waals surface area contributed by atoms with E-state index in [2.05, 4.69) is 17.0 Å². The van der Waals surface area contributed by atoms with Gasteiger partial charge in [0.15, 0.2) is 0 Å². The minimum absolute atomic E-state index is 0.634. The van der Waals surface area contributed by atoms with Gasteiger partial charge < -0.3 is 4.84 Å². The van der Waals surface area contributed by atoms with Crippen molar-refractivity contribution in [3.8, 4) is 0 Å². The summed E-state index contributed by atoms with van der Waals surface area (Å²) in [6, 6.07) is 10.3. The van der Waals surface area contributed by atoms with Crippen molar-refractivity contribution in [1.82, 2.24) is 0 Å². The van der Waals surface area contributed by atoms with E-state index in [1.165, 1.54) is 5.56 Å². The maximum Gasteiger partial charge on any atom is 0.0682 e. The molecule has 1 aromatic rings. The molecule has 0 aliphatic heterocycles. The highest BCUT2D eigenvalue weighted by Gasteiger charge is 1.89. The van der Waals surface area contributed by atoms with E-state index in [0.717, 1.165) is 12.8 Å². The summed E-state index contributed by atoms with van der Waals surface area (Å²) < 4.78 is 0. The minimum atomic E-state index is 0.634. The SMILES string of the molecule is NOCCCc1ccccc1. The first-order valence-corrected chi connectivity index (χ1v) is 3.79. The summed E-state index contributed by atoms with van der Waals surface area (Å²) in [5, 5.41) is 0. The Kier molecular flexibility index (Phi) is 3.65. The quantitative estimate of drug-likeness (QED) is 0.523. The summed E-state index contributed by atoms with van der Waals surface area (Å²) in [7, 11) is 0. The predicted octanol–water partition coefficient (Wildman–Crippen LogP) is 1.51. The van der Waals surface area contributed by atoms with Crippen LogP contribution in [0.25, 0.3) is 0 Å². The Hall–Kier alpha value is -0.860. The van der Waals surface area contributed by atoms with E-state index >= 15 is 0 Å². The van der Waals surface area contributed by atoms with Crippen LogP contribution in [0.4, 0.5) is 0 Å².